The SMILES string of the molecule is COC(=O)c1cccc(C(=O)Nc2ccc(OC)c(S(N)(=O)=O)c2)c1. The number of methoxy groups -OCH3 is 2. The van der Waals surface area contributed by atoms with Crippen LogP contribution in [0.15, 0.2) is 47.4 Å². The van der Waals surface area contributed by atoms with E-state index in [1.165, 1.54) is 56.7 Å². The zero-order valence-corrected chi connectivity index (χ0v) is 14.3. The molecule has 0 unspecified atom stereocenters. The van der Waals surface area contributed by atoms with Crippen LogP contribution in [0.3, 0.4) is 0 Å². The summed E-state index contributed by atoms with van der Waals surface area (Å²) in [5.74, 6) is -1.04. The Bertz CT molecular complexity index is 924. The maximum atomic E-state index is 12.3. The molecular weight excluding hydrogens is 348 g/mol. The zero-order valence-electron chi connectivity index (χ0n) is 13.5. The lowest BCUT2D eigenvalue weighted by Gasteiger charge is -2.10. The molecule has 2 aromatic rings. The van der Waals surface area contributed by atoms with E-state index in [4.69, 9.17) is 9.88 Å². The van der Waals surface area contributed by atoms with Gasteiger partial charge in [-0.1, -0.05) is 6.07 Å². The van der Waals surface area contributed by atoms with Crippen molar-refractivity contribution < 1.29 is 27.5 Å². The molecule has 0 spiro atoms. The molecule has 0 aliphatic rings. The van der Waals surface area contributed by atoms with E-state index in [-0.39, 0.29) is 27.5 Å². The number of ether oxygens (including phenoxy) is 2. The summed E-state index contributed by atoms with van der Waals surface area (Å²) in [6, 6.07) is 9.95. The number of amides is 1. The summed E-state index contributed by atoms with van der Waals surface area (Å²) in [5.41, 5.74) is 0.629. The summed E-state index contributed by atoms with van der Waals surface area (Å²) in [7, 11) is -1.48. The molecule has 9 heteroatoms. The van der Waals surface area contributed by atoms with Gasteiger partial charge in [0.15, 0.2) is 0 Å². The van der Waals surface area contributed by atoms with E-state index in [0.29, 0.717) is 0 Å². The third kappa shape index (κ3) is 4.34. The number of carbonyl (C=O) groups excluding carboxylic acids is 2. The van der Waals surface area contributed by atoms with Crippen molar-refractivity contribution in [3.8, 4) is 5.75 Å². The van der Waals surface area contributed by atoms with Gasteiger partial charge >= 0.3 is 5.97 Å². The molecule has 0 aliphatic heterocycles. The Morgan fingerprint density at radius 1 is 1.04 bits per heavy atom. The van der Waals surface area contributed by atoms with Gasteiger partial charge in [-0.05, 0) is 36.4 Å². The van der Waals surface area contributed by atoms with E-state index in [2.05, 4.69) is 10.1 Å². The van der Waals surface area contributed by atoms with Crippen LogP contribution < -0.4 is 15.2 Å². The first-order chi connectivity index (χ1) is 11.8. The smallest absolute Gasteiger partial charge is 0.337 e. The average molecular weight is 364 g/mol. The molecule has 2 aromatic carbocycles. The highest BCUT2D eigenvalue weighted by molar-refractivity contribution is 7.89. The molecule has 132 valence electrons. The van der Waals surface area contributed by atoms with Gasteiger partial charge in [-0.2, -0.15) is 0 Å². The van der Waals surface area contributed by atoms with Gasteiger partial charge in [-0.25, -0.2) is 18.4 Å². The van der Waals surface area contributed by atoms with E-state index in [1.54, 1.807) is 0 Å². The van der Waals surface area contributed by atoms with Crippen LogP contribution in [0.1, 0.15) is 20.7 Å². The minimum Gasteiger partial charge on any atom is -0.495 e. The lowest BCUT2D eigenvalue weighted by Crippen LogP contribution is -2.16. The van der Waals surface area contributed by atoms with Crippen molar-refractivity contribution in [2.45, 2.75) is 4.90 Å². The summed E-state index contributed by atoms with van der Waals surface area (Å²) >= 11 is 0. The second-order valence-corrected chi connectivity index (χ2v) is 6.47. The summed E-state index contributed by atoms with van der Waals surface area (Å²) < 4.78 is 32.8. The second-order valence-electron chi connectivity index (χ2n) is 4.94. The third-order valence-corrected chi connectivity index (χ3v) is 4.21. The number of benzene rings is 2. The van der Waals surface area contributed by atoms with Gasteiger partial charge in [0.05, 0.1) is 19.8 Å². The second kappa shape index (κ2) is 7.32. The van der Waals surface area contributed by atoms with Gasteiger partial charge in [0.2, 0.25) is 10.0 Å². The molecule has 1 amide bonds. The molecule has 0 heterocycles. The number of sulfonamides is 1. The van der Waals surface area contributed by atoms with Crippen molar-refractivity contribution >= 4 is 27.6 Å². The summed E-state index contributed by atoms with van der Waals surface area (Å²) in [6.07, 6.45) is 0. The van der Waals surface area contributed by atoms with Crippen LogP contribution in [-0.2, 0) is 14.8 Å². The Balaban J connectivity index is 2.31. The predicted molar refractivity (Wildman–Crippen MR) is 90.1 cm³/mol. The lowest BCUT2D eigenvalue weighted by atomic mass is 10.1. The van der Waals surface area contributed by atoms with Crippen LogP contribution in [-0.4, -0.2) is 34.5 Å². The predicted octanol–water partition coefficient (Wildman–Crippen LogP) is 1.38. The number of primary sulfonamides is 1. The molecule has 2 rings (SSSR count). The van der Waals surface area contributed by atoms with Gasteiger partial charge in [0, 0.05) is 11.3 Å². The van der Waals surface area contributed by atoms with Crippen molar-refractivity contribution in [1.82, 2.24) is 0 Å². The van der Waals surface area contributed by atoms with Crippen LogP contribution >= 0.6 is 0 Å². The van der Waals surface area contributed by atoms with Crippen molar-refractivity contribution in [1.29, 1.82) is 0 Å². The van der Waals surface area contributed by atoms with E-state index in [1.807, 2.05) is 0 Å². The molecule has 0 saturated heterocycles. The standard InChI is InChI=1S/C16H16N2O6S/c1-23-13-7-6-12(9-14(13)25(17,21)22)18-15(19)10-4-3-5-11(8-10)16(20)24-2/h3-9H,1-2H3,(H,18,19)(H2,17,21,22). The third-order valence-electron chi connectivity index (χ3n) is 3.27. The quantitative estimate of drug-likeness (QED) is 0.772. The van der Waals surface area contributed by atoms with E-state index in [9.17, 15) is 18.0 Å². The fraction of sp³-hybridized carbons (Fsp3) is 0.125. The monoisotopic (exact) mass is 364 g/mol. The number of esters is 1. The Kier molecular flexibility index (Phi) is 5.40. The summed E-state index contributed by atoms with van der Waals surface area (Å²) in [5, 5.41) is 7.68. The van der Waals surface area contributed by atoms with Crippen molar-refractivity contribution in [3.63, 3.8) is 0 Å². The molecule has 0 aromatic heterocycles. The minimum atomic E-state index is -4.03. The summed E-state index contributed by atoms with van der Waals surface area (Å²) in [4.78, 5) is 23.6. The molecule has 0 aliphatic carbocycles. The molecule has 3 N–H and O–H groups in total. The molecule has 25 heavy (non-hydrogen) atoms. The number of nitrogens with one attached hydrogen (secondary N) is 1. The highest BCUT2D eigenvalue weighted by atomic mass is 32.2. The topological polar surface area (TPSA) is 125 Å². The molecule has 0 saturated carbocycles. The normalized spacial score (nSPS) is 10.8. The van der Waals surface area contributed by atoms with Crippen LogP contribution in [0.5, 0.6) is 5.75 Å². The van der Waals surface area contributed by atoms with Gasteiger partial charge in [0.1, 0.15) is 10.6 Å². The molecule has 0 radical (unpaired) electrons. The van der Waals surface area contributed by atoms with Crippen LogP contribution in [0.4, 0.5) is 5.69 Å². The minimum absolute atomic E-state index is 0.0631. The maximum absolute atomic E-state index is 12.3. The average Bonchev–Trinajstić information content (AvgIpc) is 2.60. The molecule has 8 nitrogen and oxygen atoms in total. The molecule has 0 fully saturated rings. The van der Waals surface area contributed by atoms with Crippen molar-refractivity contribution in [2.75, 3.05) is 19.5 Å². The first-order valence-electron chi connectivity index (χ1n) is 6.97. The fourth-order valence-corrected chi connectivity index (χ4v) is 2.81. The van der Waals surface area contributed by atoms with E-state index in [0.717, 1.165) is 0 Å². The Morgan fingerprint density at radius 3 is 2.32 bits per heavy atom. The number of anilines is 1. The van der Waals surface area contributed by atoms with Gasteiger partial charge in [-0.3, -0.25) is 4.79 Å². The number of carbonyl (C=O) groups is 2. The molecule has 0 bridgehead atoms. The van der Waals surface area contributed by atoms with Crippen molar-refractivity contribution in [2.24, 2.45) is 5.14 Å². The highest BCUT2D eigenvalue weighted by Crippen LogP contribution is 2.26. The summed E-state index contributed by atoms with van der Waals surface area (Å²) in [6.45, 7) is 0. The van der Waals surface area contributed by atoms with Crippen LogP contribution in [0.2, 0.25) is 0 Å². The number of nitrogens with two attached hydrogens (primary N) is 1. The van der Waals surface area contributed by atoms with Crippen LogP contribution in [0, 0.1) is 0 Å². The lowest BCUT2D eigenvalue weighted by molar-refractivity contribution is 0.0600. The Morgan fingerprint density at radius 2 is 1.72 bits per heavy atom. The van der Waals surface area contributed by atoms with E-state index < -0.39 is 21.9 Å². The van der Waals surface area contributed by atoms with Gasteiger partial charge in [0.25, 0.3) is 5.91 Å². The van der Waals surface area contributed by atoms with Gasteiger partial charge in [-0.15, -0.1) is 0 Å². The van der Waals surface area contributed by atoms with Crippen LogP contribution in [0.25, 0.3) is 0 Å². The fourth-order valence-electron chi connectivity index (χ4n) is 2.09. The number of hydrogen-bond donors (Lipinski definition) is 2. The Hall–Kier alpha value is -2.91. The first kappa shape index (κ1) is 18.4. The largest absolute Gasteiger partial charge is 0.495 e. The molecule has 0 atom stereocenters. The molecular formula is C16H16N2O6S. The van der Waals surface area contributed by atoms with Gasteiger partial charge < -0.3 is 14.8 Å². The Labute approximate surface area is 144 Å². The van der Waals surface area contributed by atoms with E-state index >= 15 is 0 Å². The number of rotatable bonds is 5. The highest BCUT2D eigenvalue weighted by Gasteiger charge is 2.17. The maximum Gasteiger partial charge on any atom is 0.337 e. The number of hydrogen-bond acceptors (Lipinski definition) is 6. The van der Waals surface area contributed by atoms with Crippen molar-refractivity contribution in [3.05, 3.63) is 53.6 Å². The first-order valence-corrected chi connectivity index (χ1v) is 8.51. The zero-order chi connectivity index (χ0) is 18.6.